The molecule has 4 aromatic heterocycles. The Morgan fingerprint density at radius 3 is 0.867 bits per heavy atom. The lowest BCUT2D eigenvalue weighted by atomic mass is 9.86. The van der Waals surface area contributed by atoms with Crippen LogP contribution in [-0.4, -0.2) is 28.6 Å². The zero-order valence-corrected chi connectivity index (χ0v) is 59.5. The van der Waals surface area contributed by atoms with E-state index in [0.29, 0.717) is 65.8 Å². The molecule has 4 heterocycles. The highest BCUT2D eigenvalue weighted by Gasteiger charge is 2.28. The van der Waals surface area contributed by atoms with Gasteiger partial charge in [0.15, 0.2) is 11.0 Å². The first-order valence-corrected chi connectivity index (χ1v) is 38.8. The summed E-state index contributed by atoms with van der Waals surface area (Å²) < 4.78 is 3.09. The molecule has 7 aromatic carbocycles. The largest absolute Gasteiger partial charge is 0.298 e. The number of benzene rings is 7. The summed E-state index contributed by atoms with van der Waals surface area (Å²) in [5.74, 6) is 14.4. The second kappa shape index (κ2) is 35.2. The summed E-state index contributed by atoms with van der Waals surface area (Å²) in [6.45, 7) is 9.03. The molecule has 0 aliphatic heterocycles. The van der Waals surface area contributed by atoms with Gasteiger partial charge < -0.3 is 0 Å². The summed E-state index contributed by atoms with van der Waals surface area (Å²) in [6, 6.07) is 22.4. The number of imidazole rings is 2. The highest BCUT2D eigenvalue weighted by Crippen LogP contribution is 2.47. The normalized spacial score (nSPS) is 12.7. The van der Waals surface area contributed by atoms with Gasteiger partial charge in [0.05, 0.1) is 20.9 Å². The van der Waals surface area contributed by atoms with Crippen LogP contribution in [0.5, 0.6) is 0 Å². The molecule has 2 unspecified atom stereocenters. The highest BCUT2D eigenvalue weighted by atomic mass is 16.6. The molecular weight excluding hydrogens is 1210 g/mol. The third-order valence-corrected chi connectivity index (χ3v) is 21.6. The number of aromatic nitrogens is 4. The van der Waals surface area contributed by atoms with Crippen LogP contribution in [-0.2, 0) is 0 Å². The Bertz CT molecular complexity index is 4450. The Hall–Kier alpha value is -7.96. The number of fused-ring (bicyclic) bond motifs is 10. The Morgan fingerprint density at radius 1 is 0.347 bits per heavy atom. The van der Waals surface area contributed by atoms with Gasteiger partial charge in [0, 0.05) is 67.4 Å². The van der Waals surface area contributed by atoms with Crippen molar-refractivity contribution in [3.05, 3.63) is 125 Å². The Labute approximate surface area is 579 Å². The molecule has 516 valence electrons. The van der Waals surface area contributed by atoms with Gasteiger partial charge in [-0.25, -0.2) is 9.97 Å². The van der Waals surface area contributed by atoms with Crippen molar-refractivity contribution in [1.29, 1.82) is 0 Å². The van der Waals surface area contributed by atoms with Gasteiger partial charge in [-0.15, -0.1) is 0 Å². The number of non-ortho nitro benzene ring substituents is 2. The highest BCUT2D eigenvalue weighted by molar-refractivity contribution is 6.40. The minimum atomic E-state index is -0.405. The van der Waals surface area contributed by atoms with Gasteiger partial charge in [-0.05, 0) is 94.4 Å². The number of nitro benzene ring substituents is 2. The first-order valence-electron chi connectivity index (χ1n) is 38.8. The van der Waals surface area contributed by atoms with Crippen LogP contribution >= 0.6 is 0 Å². The first-order chi connectivity index (χ1) is 48.1. The van der Waals surface area contributed by atoms with Crippen molar-refractivity contribution in [3.63, 3.8) is 0 Å². The summed E-state index contributed by atoms with van der Waals surface area (Å²) >= 11 is 0. The zero-order valence-electron chi connectivity index (χ0n) is 59.5. The summed E-state index contributed by atoms with van der Waals surface area (Å²) in [6.07, 6.45) is 49.3. The third kappa shape index (κ3) is 16.3. The van der Waals surface area contributed by atoms with E-state index in [0.717, 1.165) is 83.7 Å². The van der Waals surface area contributed by atoms with Crippen molar-refractivity contribution in [1.82, 2.24) is 18.8 Å². The fourth-order valence-corrected chi connectivity index (χ4v) is 16.1. The predicted octanol–water partition coefficient (Wildman–Crippen LogP) is 24.7. The number of hydrogen-bond acceptors (Lipinski definition) is 8. The van der Waals surface area contributed by atoms with Crippen molar-refractivity contribution in [2.24, 2.45) is 11.8 Å². The molecule has 11 aromatic rings. The minimum absolute atomic E-state index is 0.143. The number of nitro groups is 2. The van der Waals surface area contributed by atoms with E-state index in [-0.39, 0.29) is 45.4 Å². The van der Waals surface area contributed by atoms with Crippen molar-refractivity contribution in [3.8, 4) is 23.7 Å². The van der Waals surface area contributed by atoms with Gasteiger partial charge >= 0.3 is 0 Å². The SMILES string of the molecule is CCCCCCCCCCCCC(C#Cc1cc([N+](=O)[O-])c2nc3c4ccc5c6ccc7c8c(ccc(c9ccc(c(=O)n3c2c1)c4c95)c68)c(=O)n1c2cc(C#CC(CCCCCCCCCC)CCCCCCCCCCCC)cc([N+](=O)[O-])c2nc71)CCCCCCCCCC. The molecule has 0 saturated carbocycles. The van der Waals surface area contributed by atoms with Gasteiger partial charge in [0.2, 0.25) is 0 Å². The quantitative estimate of drug-likeness (QED) is 0.00914. The number of hydrogen-bond donors (Lipinski definition) is 0. The summed E-state index contributed by atoms with van der Waals surface area (Å²) in [7, 11) is 0. The van der Waals surface area contributed by atoms with Gasteiger partial charge in [-0.3, -0.25) is 38.6 Å². The Kier molecular flexibility index (Phi) is 25.6. The van der Waals surface area contributed by atoms with Crippen LogP contribution in [0.1, 0.15) is 296 Å². The van der Waals surface area contributed by atoms with Gasteiger partial charge in [-0.1, -0.05) is 307 Å². The summed E-state index contributed by atoms with van der Waals surface area (Å²) in [4.78, 5) is 65.8. The van der Waals surface area contributed by atoms with Gasteiger partial charge in [-0.2, -0.15) is 0 Å². The van der Waals surface area contributed by atoms with E-state index in [4.69, 9.17) is 9.97 Å². The smallest absolute Gasteiger partial charge is 0.268 e. The third-order valence-electron chi connectivity index (χ3n) is 21.6. The number of pyridine rings is 2. The molecular formula is C86H106N6O6. The van der Waals surface area contributed by atoms with Crippen LogP contribution in [0.3, 0.4) is 0 Å². The molecule has 0 bridgehead atoms. The lowest BCUT2D eigenvalue weighted by molar-refractivity contribution is -0.383. The molecule has 11 rings (SSSR count). The van der Waals surface area contributed by atoms with Crippen molar-refractivity contribution in [2.45, 2.75) is 285 Å². The fourth-order valence-electron chi connectivity index (χ4n) is 16.1. The lowest BCUT2D eigenvalue weighted by Gasteiger charge is -2.18. The van der Waals surface area contributed by atoms with Gasteiger partial charge in [0.1, 0.15) is 11.3 Å². The van der Waals surface area contributed by atoms with E-state index in [2.05, 4.69) is 51.4 Å². The van der Waals surface area contributed by atoms with E-state index >= 15 is 9.59 Å². The van der Waals surface area contributed by atoms with E-state index in [1.807, 2.05) is 60.7 Å². The molecule has 0 spiro atoms. The molecule has 0 amide bonds. The molecule has 0 radical (unpaired) electrons. The fraction of sp³-hybridized carbons (Fsp3) is 0.535. The maximum Gasteiger partial charge on any atom is 0.298 e. The van der Waals surface area contributed by atoms with Crippen molar-refractivity contribution >= 4 is 109 Å². The maximum atomic E-state index is 15.2. The number of unbranched alkanes of at least 4 members (excludes halogenated alkanes) is 32. The van der Waals surface area contributed by atoms with Crippen LogP contribution < -0.4 is 11.1 Å². The van der Waals surface area contributed by atoms with Gasteiger partial charge in [0.25, 0.3) is 22.5 Å². The van der Waals surface area contributed by atoms with E-state index in [9.17, 15) is 20.2 Å². The number of nitrogens with zero attached hydrogens (tertiary/aromatic N) is 6. The van der Waals surface area contributed by atoms with Crippen LogP contribution in [0.4, 0.5) is 11.4 Å². The van der Waals surface area contributed by atoms with Crippen LogP contribution in [0.15, 0.2) is 82.4 Å². The Morgan fingerprint density at radius 2 is 0.592 bits per heavy atom. The van der Waals surface area contributed by atoms with Crippen LogP contribution in [0.25, 0.3) is 98.0 Å². The lowest BCUT2D eigenvalue weighted by Crippen LogP contribution is -2.14. The average Bonchev–Trinajstić information content (AvgIpc) is 1.14. The monoisotopic (exact) mass is 1320 g/mol. The molecule has 98 heavy (non-hydrogen) atoms. The number of rotatable bonds is 42. The standard InChI is InChI=1S/C86H106N6O6/c1-5-9-13-17-21-25-27-31-35-39-43-61(41-37-33-29-23-19-15-11-7-3)45-47-63-57-73-81(75(59-63)91(95)96)87-83-69-53-49-65-66-50-54-70-80-72(56-52-68(78(66)80)67-51-55-71(79(69)77(65)67)85(93)89(73)83)86(94)90-74-58-64(60-76(92(97)98)82(74)88-84(70)90)48-46-62(42-38-34-30-24-20-16-12-8-4)44-40-36-32-28-26-22-18-14-10-6-2/h49-62H,5-44H2,1-4H3. The van der Waals surface area contributed by atoms with Crippen molar-refractivity contribution in [2.75, 3.05) is 0 Å². The molecule has 12 heteroatoms. The molecule has 2 atom stereocenters. The second-order valence-corrected chi connectivity index (χ2v) is 28.9. The van der Waals surface area contributed by atoms with Crippen molar-refractivity contribution < 1.29 is 9.85 Å². The topological polar surface area (TPSA) is 155 Å². The molecule has 0 fully saturated rings. The Balaban J connectivity index is 0.913. The van der Waals surface area contributed by atoms with E-state index in [1.165, 1.54) is 218 Å². The molecule has 0 aliphatic carbocycles. The van der Waals surface area contributed by atoms with E-state index < -0.39 is 9.85 Å². The summed E-state index contributed by atoms with van der Waals surface area (Å²) in [5, 5.41) is 35.1. The van der Waals surface area contributed by atoms with E-state index in [1.54, 1.807) is 8.80 Å². The average molecular weight is 1320 g/mol. The summed E-state index contributed by atoms with van der Waals surface area (Å²) in [5.41, 5.74) is 1.69. The minimum Gasteiger partial charge on any atom is -0.268 e. The predicted molar refractivity (Wildman–Crippen MR) is 412 cm³/mol. The molecule has 12 nitrogen and oxygen atoms in total. The van der Waals surface area contributed by atoms with Crippen LogP contribution in [0, 0.1) is 55.7 Å². The maximum absolute atomic E-state index is 15.2. The second-order valence-electron chi connectivity index (χ2n) is 28.9. The zero-order chi connectivity index (χ0) is 68.3. The molecule has 0 N–H and O–H groups in total. The molecule has 0 aliphatic rings. The van der Waals surface area contributed by atoms with Crippen LogP contribution in [0.2, 0.25) is 0 Å². The molecule has 0 saturated heterocycles. The first kappa shape index (κ1) is 71.3.